The number of aromatic nitrogens is 2. The molecule has 26 heavy (non-hydrogen) atoms. The fourth-order valence-electron chi connectivity index (χ4n) is 4.39. The van der Waals surface area contributed by atoms with Crippen molar-refractivity contribution in [3.63, 3.8) is 0 Å². The summed E-state index contributed by atoms with van der Waals surface area (Å²) >= 11 is 0. The highest BCUT2D eigenvalue weighted by molar-refractivity contribution is 14.0. The smallest absolute Gasteiger partial charge is 0.193 e. The average Bonchev–Trinajstić information content (AvgIpc) is 3.24. The van der Waals surface area contributed by atoms with Crippen LogP contribution in [0.5, 0.6) is 0 Å². The summed E-state index contributed by atoms with van der Waals surface area (Å²) in [6.07, 6.45) is 10.7. The second-order valence-corrected chi connectivity index (χ2v) is 7.39. The first kappa shape index (κ1) is 19.5. The molecule has 3 heterocycles. The Morgan fingerprint density at radius 2 is 2.00 bits per heavy atom. The molecule has 1 aliphatic carbocycles. The van der Waals surface area contributed by atoms with Crippen molar-refractivity contribution in [2.75, 3.05) is 26.2 Å². The lowest BCUT2D eigenvalue weighted by atomic mass is 9.82. The van der Waals surface area contributed by atoms with Gasteiger partial charge in [0.15, 0.2) is 5.96 Å². The molecule has 0 aromatic carbocycles. The zero-order valence-electron chi connectivity index (χ0n) is 15.6. The lowest BCUT2D eigenvalue weighted by Gasteiger charge is -2.22. The Morgan fingerprint density at radius 3 is 2.69 bits per heavy atom. The largest absolute Gasteiger partial charge is 0.357 e. The summed E-state index contributed by atoms with van der Waals surface area (Å²) in [5, 5.41) is 3.50. The third-order valence-corrected chi connectivity index (χ3v) is 5.65. The molecule has 0 spiro atoms. The van der Waals surface area contributed by atoms with Gasteiger partial charge in [0, 0.05) is 45.0 Å². The van der Waals surface area contributed by atoms with Gasteiger partial charge in [0.2, 0.25) is 0 Å². The average molecular weight is 467 g/mol. The molecule has 0 bridgehead atoms. The first-order valence-electron chi connectivity index (χ1n) is 9.79. The highest BCUT2D eigenvalue weighted by Crippen LogP contribution is 2.35. The van der Waals surface area contributed by atoms with Crippen LogP contribution in [0.3, 0.4) is 0 Å². The maximum atomic E-state index is 4.90. The van der Waals surface area contributed by atoms with Gasteiger partial charge in [0.1, 0.15) is 5.65 Å². The second kappa shape index (κ2) is 9.06. The number of aliphatic imine (C=N–C) groups is 1. The monoisotopic (exact) mass is 467 g/mol. The van der Waals surface area contributed by atoms with E-state index in [0.717, 1.165) is 48.6 Å². The van der Waals surface area contributed by atoms with Crippen LogP contribution in [0.4, 0.5) is 0 Å². The summed E-state index contributed by atoms with van der Waals surface area (Å²) in [4.78, 5) is 12.1. The van der Waals surface area contributed by atoms with Gasteiger partial charge in [-0.25, -0.2) is 4.98 Å². The lowest BCUT2D eigenvalue weighted by Crippen LogP contribution is -2.40. The Labute approximate surface area is 173 Å². The minimum atomic E-state index is 0. The Morgan fingerprint density at radius 1 is 1.23 bits per heavy atom. The van der Waals surface area contributed by atoms with Gasteiger partial charge >= 0.3 is 0 Å². The highest BCUT2D eigenvalue weighted by Gasteiger charge is 2.35. The zero-order chi connectivity index (χ0) is 17.1. The van der Waals surface area contributed by atoms with Gasteiger partial charge in [-0.3, -0.25) is 4.99 Å². The van der Waals surface area contributed by atoms with Crippen molar-refractivity contribution in [3.05, 3.63) is 36.3 Å². The summed E-state index contributed by atoms with van der Waals surface area (Å²) in [7, 11) is 0. The van der Waals surface area contributed by atoms with E-state index in [4.69, 9.17) is 4.99 Å². The number of pyridine rings is 1. The maximum absolute atomic E-state index is 4.90. The number of halogens is 1. The summed E-state index contributed by atoms with van der Waals surface area (Å²) in [5.74, 6) is 2.87. The van der Waals surface area contributed by atoms with Crippen LogP contribution >= 0.6 is 24.0 Å². The summed E-state index contributed by atoms with van der Waals surface area (Å²) in [5.41, 5.74) is 2.12. The minimum absolute atomic E-state index is 0. The number of fused-ring (bicyclic) bond motifs is 2. The van der Waals surface area contributed by atoms with Gasteiger partial charge in [-0.1, -0.05) is 18.9 Å². The molecule has 0 radical (unpaired) electrons. The molecule has 2 unspecified atom stereocenters. The molecular weight excluding hydrogens is 437 g/mol. The number of nitrogens with zero attached hydrogens (tertiary/aromatic N) is 4. The molecule has 142 valence electrons. The quantitative estimate of drug-likeness (QED) is 0.425. The lowest BCUT2D eigenvalue weighted by molar-refractivity contribution is 0.299. The fourth-order valence-corrected chi connectivity index (χ4v) is 4.39. The van der Waals surface area contributed by atoms with Crippen molar-refractivity contribution in [1.82, 2.24) is 19.6 Å². The van der Waals surface area contributed by atoms with E-state index in [-0.39, 0.29) is 24.0 Å². The van der Waals surface area contributed by atoms with Crippen LogP contribution < -0.4 is 5.32 Å². The van der Waals surface area contributed by atoms with Crippen molar-refractivity contribution in [2.45, 2.75) is 39.0 Å². The number of rotatable bonds is 4. The molecule has 5 nitrogen and oxygen atoms in total. The van der Waals surface area contributed by atoms with Crippen LogP contribution in [0.1, 0.15) is 38.3 Å². The third kappa shape index (κ3) is 4.32. The number of hydrogen-bond acceptors (Lipinski definition) is 2. The number of nitrogens with one attached hydrogen (secondary N) is 1. The van der Waals surface area contributed by atoms with Crippen molar-refractivity contribution >= 4 is 35.6 Å². The molecule has 6 heteroatoms. The normalized spacial score (nSPS) is 23.0. The Bertz CT molecular complexity index is 694. The van der Waals surface area contributed by atoms with Gasteiger partial charge in [0.05, 0.1) is 5.69 Å². The van der Waals surface area contributed by atoms with Crippen molar-refractivity contribution in [3.8, 4) is 0 Å². The minimum Gasteiger partial charge on any atom is -0.357 e. The van der Waals surface area contributed by atoms with Crippen LogP contribution in [0.25, 0.3) is 5.65 Å². The van der Waals surface area contributed by atoms with E-state index in [9.17, 15) is 0 Å². The van der Waals surface area contributed by atoms with E-state index in [0.29, 0.717) is 0 Å². The van der Waals surface area contributed by atoms with Crippen LogP contribution in [-0.4, -0.2) is 46.4 Å². The van der Waals surface area contributed by atoms with E-state index in [1.165, 1.54) is 38.8 Å². The standard InChI is InChI=1S/C20H29N5.HI/c1-2-21-20(25-13-16-7-3-4-8-17(16)14-25)22-11-10-18-15-24-12-6-5-9-19(24)23-18;/h5-6,9,12,15-17H,2-4,7-8,10-11,13-14H2,1H3,(H,21,22);1H. The van der Waals surface area contributed by atoms with E-state index in [1.54, 1.807) is 0 Å². The van der Waals surface area contributed by atoms with Crippen LogP contribution in [0, 0.1) is 11.8 Å². The molecule has 2 aromatic heterocycles. The second-order valence-electron chi connectivity index (χ2n) is 7.39. The van der Waals surface area contributed by atoms with E-state index in [1.807, 2.05) is 24.4 Å². The Hall–Kier alpha value is -1.31. The van der Waals surface area contributed by atoms with Crippen LogP contribution in [0.2, 0.25) is 0 Å². The predicted octanol–water partition coefficient (Wildman–Crippen LogP) is 3.58. The number of imidazole rings is 1. The third-order valence-electron chi connectivity index (χ3n) is 5.65. The molecule has 2 aliphatic rings. The molecular formula is C20H30IN5. The molecule has 1 aliphatic heterocycles. The maximum Gasteiger partial charge on any atom is 0.193 e. The van der Waals surface area contributed by atoms with Gasteiger partial charge in [-0.2, -0.15) is 0 Å². The van der Waals surface area contributed by atoms with Gasteiger partial charge < -0.3 is 14.6 Å². The van der Waals surface area contributed by atoms with Crippen LogP contribution in [-0.2, 0) is 6.42 Å². The molecule has 4 rings (SSSR count). The van der Waals surface area contributed by atoms with Gasteiger partial charge in [-0.15, -0.1) is 24.0 Å². The molecule has 1 saturated carbocycles. The number of guanidine groups is 1. The van der Waals surface area contributed by atoms with Crippen molar-refractivity contribution < 1.29 is 0 Å². The first-order valence-corrected chi connectivity index (χ1v) is 9.79. The van der Waals surface area contributed by atoms with E-state index < -0.39 is 0 Å². The SMILES string of the molecule is CCNC(=NCCc1cn2ccccc2n1)N1CC2CCCCC2C1.I. The summed E-state index contributed by atoms with van der Waals surface area (Å²) < 4.78 is 2.08. The molecule has 0 amide bonds. The molecule has 1 saturated heterocycles. The van der Waals surface area contributed by atoms with Crippen molar-refractivity contribution in [1.29, 1.82) is 0 Å². The predicted molar refractivity (Wildman–Crippen MR) is 117 cm³/mol. The zero-order valence-corrected chi connectivity index (χ0v) is 17.9. The number of likely N-dealkylation sites (tertiary alicyclic amines) is 1. The Balaban J connectivity index is 0.00000196. The first-order chi connectivity index (χ1) is 12.3. The topological polar surface area (TPSA) is 44.9 Å². The van der Waals surface area contributed by atoms with E-state index in [2.05, 4.69) is 32.7 Å². The molecule has 2 fully saturated rings. The molecule has 2 atom stereocenters. The van der Waals surface area contributed by atoms with Crippen LogP contribution in [0.15, 0.2) is 35.6 Å². The van der Waals surface area contributed by atoms with Crippen molar-refractivity contribution in [2.24, 2.45) is 16.8 Å². The summed E-state index contributed by atoms with van der Waals surface area (Å²) in [6, 6.07) is 6.11. The Kier molecular flexibility index (Phi) is 6.78. The van der Waals surface area contributed by atoms with Gasteiger partial charge in [-0.05, 0) is 43.7 Å². The van der Waals surface area contributed by atoms with E-state index >= 15 is 0 Å². The van der Waals surface area contributed by atoms with Gasteiger partial charge in [0.25, 0.3) is 0 Å². The fraction of sp³-hybridized carbons (Fsp3) is 0.600. The summed E-state index contributed by atoms with van der Waals surface area (Å²) in [6.45, 7) is 6.24. The molecule has 2 aromatic rings. The molecule has 1 N–H and O–H groups in total. The number of hydrogen-bond donors (Lipinski definition) is 1. The highest BCUT2D eigenvalue weighted by atomic mass is 127.